The Labute approximate surface area is 237 Å². The second kappa shape index (κ2) is 12.3. The van der Waals surface area contributed by atoms with Crippen molar-refractivity contribution in [2.24, 2.45) is 0 Å². The predicted molar refractivity (Wildman–Crippen MR) is 162 cm³/mol. The number of nitrogens with zero attached hydrogens (tertiary/aromatic N) is 6. The van der Waals surface area contributed by atoms with E-state index in [1.54, 1.807) is 13.3 Å². The maximum absolute atomic E-state index is 12.3. The molecule has 4 rings (SSSR count). The Morgan fingerprint density at radius 1 is 1.12 bits per heavy atom. The SMILES string of the molecule is C=CC(=O)Nc1cc(Nc2nccc(N3CC(CC)(CC)c4ncccc43)n2)c(OC)cc1N(C)CCN(C)C. The molecule has 212 valence electrons. The smallest absolute Gasteiger partial charge is 0.247 e. The average molecular weight is 545 g/mol. The number of hydrogen-bond acceptors (Lipinski definition) is 9. The molecule has 0 aliphatic carbocycles. The summed E-state index contributed by atoms with van der Waals surface area (Å²) in [5, 5.41) is 6.25. The highest BCUT2D eigenvalue weighted by atomic mass is 16.5. The van der Waals surface area contributed by atoms with Crippen molar-refractivity contribution < 1.29 is 9.53 Å². The fraction of sp³-hybridized carbons (Fsp3) is 0.400. The standard InChI is InChI=1S/C30H40N8O2/c1-8-27(39)33-21-18-22(25(40-7)19-24(21)37(6)17-16-36(4)5)34-29-32-15-13-26(35-29)38-20-30(9-2,10-3)28-23(38)12-11-14-31-28/h8,11-15,18-19H,1,9-10,16-17,20H2,2-7H3,(H,33,39)(H,32,34,35). The van der Waals surface area contributed by atoms with E-state index in [2.05, 4.69) is 56.8 Å². The van der Waals surface area contributed by atoms with Crippen LogP contribution in [0.15, 0.2) is 55.4 Å². The third-order valence-electron chi connectivity index (χ3n) is 7.61. The van der Waals surface area contributed by atoms with Crippen molar-refractivity contribution in [1.82, 2.24) is 19.9 Å². The van der Waals surface area contributed by atoms with Crippen molar-refractivity contribution in [3.8, 4) is 5.75 Å². The van der Waals surface area contributed by atoms with Crippen molar-refractivity contribution in [3.05, 3.63) is 61.1 Å². The van der Waals surface area contributed by atoms with Crippen LogP contribution in [0.1, 0.15) is 32.4 Å². The molecule has 1 aliphatic heterocycles. The highest BCUT2D eigenvalue weighted by Crippen LogP contribution is 2.46. The minimum atomic E-state index is -0.298. The van der Waals surface area contributed by atoms with Gasteiger partial charge in [-0.05, 0) is 57.3 Å². The van der Waals surface area contributed by atoms with Gasteiger partial charge in [-0.3, -0.25) is 9.78 Å². The number of fused-ring (bicyclic) bond motifs is 1. The molecule has 10 heteroatoms. The highest BCUT2D eigenvalue weighted by Gasteiger charge is 2.42. The second-order valence-corrected chi connectivity index (χ2v) is 10.3. The summed E-state index contributed by atoms with van der Waals surface area (Å²) < 4.78 is 5.75. The number of carbonyl (C=O) groups is 1. The first-order valence-corrected chi connectivity index (χ1v) is 13.6. The van der Waals surface area contributed by atoms with E-state index < -0.39 is 0 Å². The molecule has 2 N–H and O–H groups in total. The van der Waals surface area contributed by atoms with Crippen LogP contribution in [0.3, 0.4) is 0 Å². The molecule has 1 aliphatic rings. The first-order chi connectivity index (χ1) is 19.2. The lowest BCUT2D eigenvalue weighted by molar-refractivity contribution is -0.111. The molecule has 3 heterocycles. The van der Waals surface area contributed by atoms with Crippen LogP contribution in [0.2, 0.25) is 0 Å². The molecule has 0 bridgehead atoms. The number of ether oxygens (including phenoxy) is 1. The zero-order valence-corrected chi connectivity index (χ0v) is 24.4. The Kier molecular flexibility index (Phi) is 8.89. The van der Waals surface area contributed by atoms with Crippen LogP contribution in [0.5, 0.6) is 5.75 Å². The van der Waals surface area contributed by atoms with Crippen molar-refractivity contribution >= 4 is 40.4 Å². The molecule has 0 fully saturated rings. The van der Waals surface area contributed by atoms with Crippen LogP contribution in [-0.4, -0.2) is 73.6 Å². The molecule has 2 aromatic heterocycles. The molecule has 1 amide bonds. The number of carbonyl (C=O) groups excluding carboxylic acids is 1. The molecule has 0 atom stereocenters. The van der Waals surface area contributed by atoms with Crippen molar-refractivity contribution in [2.45, 2.75) is 32.1 Å². The number of amides is 1. The monoisotopic (exact) mass is 544 g/mol. The summed E-state index contributed by atoms with van der Waals surface area (Å²) in [6, 6.07) is 9.73. The third-order valence-corrected chi connectivity index (χ3v) is 7.61. The Hall–Kier alpha value is -4.18. The lowest BCUT2D eigenvalue weighted by Gasteiger charge is -2.27. The largest absolute Gasteiger partial charge is 0.494 e. The van der Waals surface area contributed by atoms with E-state index in [1.807, 2.05) is 51.6 Å². The Balaban J connectivity index is 1.68. The quantitative estimate of drug-likeness (QED) is 0.307. The molecule has 1 aromatic carbocycles. The first-order valence-electron chi connectivity index (χ1n) is 13.6. The van der Waals surface area contributed by atoms with Gasteiger partial charge in [-0.1, -0.05) is 20.4 Å². The van der Waals surface area contributed by atoms with Gasteiger partial charge < -0.3 is 30.1 Å². The van der Waals surface area contributed by atoms with Gasteiger partial charge in [0.1, 0.15) is 11.6 Å². The van der Waals surface area contributed by atoms with Gasteiger partial charge in [-0.2, -0.15) is 4.98 Å². The Morgan fingerprint density at radius 3 is 2.58 bits per heavy atom. The number of methoxy groups -OCH3 is 1. The van der Waals surface area contributed by atoms with Gasteiger partial charge in [-0.15, -0.1) is 0 Å². The molecule has 10 nitrogen and oxygen atoms in total. The van der Waals surface area contributed by atoms with Gasteiger partial charge in [0.15, 0.2) is 0 Å². The normalized spacial score (nSPS) is 13.6. The van der Waals surface area contributed by atoms with Crippen LogP contribution in [0.4, 0.5) is 34.5 Å². The maximum Gasteiger partial charge on any atom is 0.247 e. The number of likely N-dealkylation sites (N-methyl/N-ethyl adjacent to an activating group) is 2. The van der Waals surface area contributed by atoms with Gasteiger partial charge in [0.2, 0.25) is 11.9 Å². The van der Waals surface area contributed by atoms with Crippen LogP contribution >= 0.6 is 0 Å². The summed E-state index contributed by atoms with van der Waals surface area (Å²) in [6.45, 7) is 10.4. The molecule has 0 saturated carbocycles. The molecule has 0 spiro atoms. The van der Waals surface area contributed by atoms with Crippen LogP contribution in [0, 0.1) is 0 Å². The lowest BCUT2D eigenvalue weighted by atomic mass is 9.80. The third kappa shape index (κ3) is 5.86. The summed E-state index contributed by atoms with van der Waals surface area (Å²) in [5.74, 6) is 1.51. The van der Waals surface area contributed by atoms with Crippen LogP contribution in [0.25, 0.3) is 0 Å². The first kappa shape index (κ1) is 28.8. The summed E-state index contributed by atoms with van der Waals surface area (Å²) in [6.07, 6.45) is 6.85. The number of hydrogen-bond donors (Lipinski definition) is 2. The number of anilines is 6. The predicted octanol–water partition coefficient (Wildman–Crippen LogP) is 4.96. The zero-order chi connectivity index (χ0) is 28.9. The minimum Gasteiger partial charge on any atom is -0.494 e. The van der Waals surface area contributed by atoms with Gasteiger partial charge >= 0.3 is 0 Å². The minimum absolute atomic E-state index is 0.0228. The maximum atomic E-state index is 12.3. The molecule has 0 unspecified atom stereocenters. The Bertz CT molecular complexity index is 1360. The van der Waals surface area contributed by atoms with E-state index in [9.17, 15) is 4.79 Å². The topological polar surface area (TPSA) is 98.8 Å². The molecule has 0 saturated heterocycles. The lowest BCUT2D eigenvalue weighted by Crippen LogP contribution is -2.31. The fourth-order valence-corrected chi connectivity index (χ4v) is 5.08. The zero-order valence-electron chi connectivity index (χ0n) is 24.4. The summed E-state index contributed by atoms with van der Waals surface area (Å²) in [5.41, 5.74) is 4.25. The molecule has 0 radical (unpaired) electrons. The van der Waals surface area contributed by atoms with Crippen LogP contribution in [-0.2, 0) is 10.2 Å². The number of rotatable bonds is 12. The average Bonchev–Trinajstić information content (AvgIpc) is 3.31. The molecule has 40 heavy (non-hydrogen) atoms. The highest BCUT2D eigenvalue weighted by molar-refractivity contribution is 6.02. The van der Waals surface area contributed by atoms with Crippen molar-refractivity contribution in [2.75, 3.05) is 68.3 Å². The van der Waals surface area contributed by atoms with E-state index in [1.165, 1.54) is 6.08 Å². The fourth-order valence-electron chi connectivity index (χ4n) is 5.08. The molecular weight excluding hydrogens is 504 g/mol. The second-order valence-electron chi connectivity index (χ2n) is 10.3. The number of aromatic nitrogens is 3. The van der Waals surface area contributed by atoms with E-state index in [0.29, 0.717) is 23.1 Å². The van der Waals surface area contributed by atoms with E-state index >= 15 is 0 Å². The summed E-state index contributed by atoms with van der Waals surface area (Å²) in [4.78, 5) is 32.8. The van der Waals surface area contributed by atoms with Crippen molar-refractivity contribution in [3.63, 3.8) is 0 Å². The summed E-state index contributed by atoms with van der Waals surface area (Å²) in [7, 11) is 7.65. The van der Waals surface area contributed by atoms with Gasteiger partial charge in [-0.25, -0.2) is 4.98 Å². The summed E-state index contributed by atoms with van der Waals surface area (Å²) >= 11 is 0. The molecular formula is C30H40N8O2. The van der Waals surface area contributed by atoms with E-state index in [-0.39, 0.29) is 11.3 Å². The Morgan fingerprint density at radius 2 is 1.90 bits per heavy atom. The van der Waals surface area contributed by atoms with Gasteiger partial charge in [0.25, 0.3) is 0 Å². The van der Waals surface area contributed by atoms with E-state index in [4.69, 9.17) is 14.7 Å². The van der Waals surface area contributed by atoms with E-state index in [0.717, 1.165) is 55.4 Å². The number of benzene rings is 1. The van der Waals surface area contributed by atoms with Crippen molar-refractivity contribution in [1.29, 1.82) is 0 Å². The van der Waals surface area contributed by atoms with Gasteiger partial charge in [0, 0.05) is 50.6 Å². The molecule has 3 aromatic rings. The number of nitrogens with one attached hydrogen (secondary N) is 2. The van der Waals surface area contributed by atoms with Crippen LogP contribution < -0.4 is 25.2 Å². The number of pyridine rings is 1. The van der Waals surface area contributed by atoms with Gasteiger partial charge in [0.05, 0.1) is 35.6 Å².